The summed E-state index contributed by atoms with van der Waals surface area (Å²) in [7, 11) is 0. The van der Waals surface area contributed by atoms with Crippen LogP contribution in [0.1, 0.15) is 42.4 Å². The van der Waals surface area contributed by atoms with Crippen molar-refractivity contribution in [2.45, 2.75) is 46.2 Å². The Hall–Kier alpha value is -0.840. The maximum atomic E-state index is 6.45. The van der Waals surface area contributed by atoms with Gasteiger partial charge in [-0.2, -0.15) is 5.10 Å². The monoisotopic (exact) mass is 369 g/mol. The summed E-state index contributed by atoms with van der Waals surface area (Å²) in [4.78, 5) is 0. The Kier molecular flexibility index (Phi) is 5.47. The highest BCUT2D eigenvalue weighted by Crippen LogP contribution is 2.27. The average Bonchev–Trinajstić information content (AvgIpc) is 2.74. The molecule has 0 spiro atoms. The van der Waals surface area contributed by atoms with Crippen LogP contribution in [-0.4, -0.2) is 9.78 Å². The second-order valence-electron chi connectivity index (χ2n) is 5.25. The van der Waals surface area contributed by atoms with Crippen LogP contribution in [0.4, 0.5) is 0 Å². The Bertz CT molecular complexity index is 616. The van der Waals surface area contributed by atoms with Gasteiger partial charge in [0.05, 0.1) is 16.4 Å². The van der Waals surface area contributed by atoms with Crippen LogP contribution in [-0.2, 0) is 19.4 Å². The maximum absolute atomic E-state index is 6.45. The summed E-state index contributed by atoms with van der Waals surface area (Å²) in [5.41, 5.74) is 10.7. The Morgan fingerprint density at radius 2 is 2.05 bits per heavy atom. The van der Waals surface area contributed by atoms with Crippen molar-refractivity contribution in [3.05, 3.63) is 50.2 Å². The van der Waals surface area contributed by atoms with E-state index in [0.29, 0.717) is 6.42 Å². The molecule has 3 nitrogen and oxygen atoms in total. The van der Waals surface area contributed by atoms with Gasteiger partial charge in [-0.25, -0.2) is 0 Å². The molecule has 2 N–H and O–H groups in total. The molecule has 0 aliphatic rings. The fraction of sp³-hybridized carbons (Fsp3) is 0.438. The van der Waals surface area contributed by atoms with Crippen molar-refractivity contribution in [1.29, 1.82) is 0 Å². The van der Waals surface area contributed by atoms with Crippen LogP contribution >= 0.6 is 27.5 Å². The third-order valence-electron chi connectivity index (χ3n) is 3.60. The zero-order chi connectivity index (χ0) is 15.6. The topological polar surface area (TPSA) is 43.8 Å². The van der Waals surface area contributed by atoms with Gasteiger partial charge in [0.1, 0.15) is 0 Å². The molecule has 1 aromatic carbocycles. The van der Waals surface area contributed by atoms with Crippen LogP contribution in [0.3, 0.4) is 0 Å². The Morgan fingerprint density at radius 1 is 1.33 bits per heavy atom. The van der Waals surface area contributed by atoms with Gasteiger partial charge >= 0.3 is 0 Å². The van der Waals surface area contributed by atoms with E-state index in [1.54, 1.807) is 0 Å². The highest BCUT2D eigenvalue weighted by atomic mass is 79.9. The molecule has 2 rings (SSSR count). The summed E-state index contributed by atoms with van der Waals surface area (Å²) >= 11 is 9.98. The van der Waals surface area contributed by atoms with E-state index in [0.717, 1.165) is 39.4 Å². The van der Waals surface area contributed by atoms with Gasteiger partial charge < -0.3 is 5.73 Å². The lowest BCUT2D eigenvalue weighted by Gasteiger charge is -2.14. The molecule has 1 unspecified atom stereocenters. The fourth-order valence-corrected chi connectivity index (χ4v) is 3.49. The van der Waals surface area contributed by atoms with Crippen molar-refractivity contribution in [2.24, 2.45) is 5.73 Å². The summed E-state index contributed by atoms with van der Waals surface area (Å²) in [6.45, 7) is 7.01. The Balaban J connectivity index is 2.30. The van der Waals surface area contributed by atoms with Crippen molar-refractivity contribution in [2.75, 3.05) is 0 Å². The molecule has 0 amide bonds. The minimum absolute atomic E-state index is 0.0922. The third-order valence-corrected chi connectivity index (χ3v) is 4.49. The van der Waals surface area contributed by atoms with Gasteiger partial charge in [-0.1, -0.05) is 40.5 Å². The van der Waals surface area contributed by atoms with E-state index >= 15 is 0 Å². The van der Waals surface area contributed by atoms with Crippen LogP contribution in [0.5, 0.6) is 0 Å². The third kappa shape index (κ3) is 3.68. The highest BCUT2D eigenvalue weighted by molar-refractivity contribution is 9.10. The molecule has 1 atom stereocenters. The molecule has 5 heteroatoms. The molecule has 0 fully saturated rings. The molecule has 1 aromatic heterocycles. The van der Waals surface area contributed by atoms with Gasteiger partial charge in [0, 0.05) is 23.5 Å². The zero-order valence-electron chi connectivity index (χ0n) is 12.7. The number of halogens is 2. The van der Waals surface area contributed by atoms with Crippen molar-refractivity contribution >= 4 is 27.5 Å². The zero-order valence-corrected chi connectivity index (χ0v) is 15.0. The van der Waals surface area contributed by atoms with E-state index in [-0.39, 0.29) is 6.04 Å². The molecular formula is C16H21BrClN3. The first-order valence-corrected chi connectivity index (χ1v) is 8.40. The molecule has 0 aliphatic carbocycles. The lowest BCUT2D eigenvalue weighted by molar-refractivity contribution is 0.585. The molecular weight excluding hydrogens is 350 g/mol. The average molecular weight is 371 g/mol. The van der Waals surface area contributed by atoms with Crippen LogP contribution in [0.2, 0.25) is 5.02 Å². The summed E-state index contributed by atoms with van der Waals surface area (Å²) in [6.07, 6.45) is 1.53. The number of hydrogen-bond donors (Lipinski definition) is 1. The fourth-order valence-electron chi connectivity index (χ4n) is 2.52. The second-order valence-corrected chi connectivity index (χ2v) is 6.54. The van der Waals surface area contributed by atoms with Gasteiger partial charge in [0.25, 0.3) is 0 Å². The predicted molar refractivity (Wildman–Crippen MR) is 91.8 cm³/mol. The highest BCUT2D eigenvalue weighted by Gasteiger charge is 2.18. The summed E-state index contributed by atoms with van der Waals surface area (Å²) in [5.74, 6) is 0. The first-order chi connectivity index (χ1) is 9.96. The number of aromatic nitrogens is 2. The van der Waals surface area contributed by atoms with E-state index in [2.05, 4.69) is 60.0 Å². The summed E-state index contributed by atoms with van der Waals surface area (Å²) in [6, 6.07) is 6.18. The molecule has 0 aliphatic heterocycles. The number of rotatable bonds is 5. The van der Waals surface area contributed by atoms with Gasteiger partial charge in [-0.15, -0.1) is 0 Å². The molecule has 0 bridgehead atoms. The van der Waals surface area contributed by atoms with Crippen LogP contribution in [0, 0.1) is 6.92 Å². The van der Waals surface area contributed by atoms with Gasteiger partial charge in [0.15, 0.2) is 0 Å². The Morgan fingerprint density at radius 3 is 2.62 bits per heavy atom. The number of benzene rings is 1. The quantitative estimate of drug-likeness (QED) is 0.846. The lowest BCUT2D eigenvalue weighted by atomic mass is 10.0. The van der Waals surface area contributed by atoms with Crippen LogP contribution in [0.25, 0.3) is 0 Å². The molecule has 114 valence electrons. The largest absolute Gasteiger partial charge is 0.324 e. The van der Waals surface area contributed by atoms with E-state index < -0.39 is 0 Å². The van der Waals surface area contributed by atoms with Crippen LogP contribution < -0.4 is 5.73 Å². The van der Waals surface area contributed by atoms with Crippen molar-refractivity contribution in [1.82, 2.24) is 9.78 Å². The number of hydrogen-bond acceptors (Lipinski definition) is 2. The Labute approximate surface area is 139 Å². The van der Waals surface area contributed by atoms with E-state index in [1.807, 2.05) is 4.68 Å². The van der Waals surface area contributed by atoms with E-state index in [9.17, 15) is 0 Å². The predicted octanol–water partition coefficient (Wildman–Crippen LogP) is 4.43. The van der Waals surface area contributed by atoms with Crippen LogP contribution in [0.15, 0.2) is 22.7 Å². The van der Waals surface area contributed by atoms with Gasteiger partial charge in [-0.3, -0.25) is 4.68 Å². The maximum Gasteiger partial charge on any atom is 0.0850 e. The lowest BCUT2D eigenvalue weighted by Crippen LogP contribution is -2.16. The molecule has 1 heterocycles. The normalized spacial score (nSPS) is 12.7. The molecule has 0 saturated carbocycles. The minimum Gasteiger partial charge on any atom is -0.324 e. The van der Waals surface area contributed by atoms with Crippen molar-refractivity contribution < 1.29 is 0 Å². The van der Waals surface area contributed by atoms with E-state index in [1.165, 1.54) is 5.56 Å². The SMILES string of the molecule is CCc1nn(CC)c(CC(N)c2cc(C)cc(Br)c2)c1Cl. The molecule has 2 aromatic rings. The van der Waals surface area contributed by atoms with E-state index in [4.69, 9.17) is 17.3 Å². The van der Waals surface area contributed by atoms with Gasteiger partial charge in [0.2, 0.25) is 0 Å². The summed E-state index contributed by atoms with van der Waals surface area (Å²) in [5, 5.41) is 5.31. The van der Waals surface area contributed by atoms with Crippen molar-refractivity contribution in [3.8, 4) is 0 Å². The standard InChI is InChI=1S/C16H21BrClN3/c1-4-14-16(18)15(21(5-2)20-14)9-13(19)11-6-10(3)7-12(17)8-11/h6-8,13H,4-5,9,19H2,1-3H3. The first-order valence-electron chi connectivity index (χ1n) is 7.23. The van der Waals surface area contributed by atoms with Crippen molar-refractivity contribution in [3.63, 3.8) is 0 Å². The number of aryl methyl sites for hydroxylation is 3. The van der Waals surface area contributed by atoms with Gasteiger partial charge in [-0.05, 0) is 43.5 Å². The molecule has 0 radical (unpaired) electrons. The number of nitrogens with zero attached hydrogens (tertiary/aromatic N) is 2. The molecule has 0 saturated heterocycles. The minimum atomic E-state index is -0.0922. The number of nitrogens with two attached hydrogens (primary N) is 1. The molecule has 21 heavy (non-hydrogen) atoms. The first kappa shape index (κ1) is 16.5. The summed E-state index contributed by atoms with van der Waals surface area (Å²) < 4.78 is 3.02. The smallest absolute Gasteiger partial charge is 0.0850 e. The second kappa shape index (κ2) is 6.95.